The number of ether oxygens (including phenoxy) is 1. The van der Waals surface area contributed by atoms with E-state index in [1.807, 2.05) is 6.92 Å². The molecule has 0 aliphatic heterocycles. The van der Waals surface area contributed by atoms with E-state index in [9.17, 15) is 9.90 Å². The number of fused-ring (bicyclic) bond motifs is 5. The van der Waals surface area contributed by atoms with Crippen molar-refractivity contribution in [3.8, 4) is 0 Å². The summed E-state index contributed by atoms with van der Waals surface area (Å²) in [6.45, 7) is 9.42. The average Bonchev–Trinajstić information content (AvgIpc) is 3.26. The fourth-order valence-electron chi connectivity index (χ4n) is 9.90. The van der Waals surface area contributed by atoms with Gasteiger partial charge in [-0.3, -0.25) is 4.79 Å². The summed E-state index contributed by atoms with van der Waals surface area (Å²) in [6, 6.07) is 19.3. The fourth-order valence-corrected chi connectivity index (χ4v) is 9.90. The van der Waals surface area contributed by atoms with Crippen molar-refractivity contribution in [2.24, 2.45) is 34.0 Å². The Bertz CT molecular complexity index is 1260. The molecule has 7 atom stereocenters. The molecule has 214 valence electrons. The first-order chi connectivity index (χ1) is 19.1. The summed E-state index contributed by atoms with van der Waals surface area (Å²) in [7, 11) is 0. The zero-order chi connectivity index (χ0) is 28.2. The molecule has 1 N–H and O–H groups in total. The van der Waals surface area contributed by atoms with Gasteiger partial charge in [0, 0.05) is 18.3 Å². The molecule has 1 unspecified atom stereocenters. The van der Waals surface area contributed by atoms with Crippen LogP contribution in [0.1, 0.15) is 95.8 Å². The van der Waals surface area contributed by atoms with Crippen LogP contribution >= 0.6 is 0 Å². The topological polar surface area (TPSA) is 46.5 Å². The normalized spacial score (nSPS) is 38.6. The molecule has 3 heteroatoms. The molecule has 0 aromatic heterocycles. The van der Waals surface area contributed by atoms with E-state index in [0.29, 0.717) is 43.0 Å². The van der Waals surface area contributed by atoms with Gasteiger partial charge < -0.3 is 9.84 Å². The number of aliphatic hydroxyl groups is 1. The number of aryl methyl sites for hydroxylation is 1. The van der Waals surface area contributed by atoms with E-state index < -0.39 is 5.79 Å². The predicted molar refractivity (Wildman–Crippen MR) is 161 cm³/mol. The first-order valence-electron chi connectivity index (χ1n) is 15.8. The van der Waals surface area contributed by atoms with Gasteiger partial charge in [0.2, 0.25) is 0 Å². The van der Waals surface area contributed by atoms with E-state index in [2.05, 4.69) is 81.4 Å². The first-order valence-corrected chi connectivity index (χ1v) is 15.8. The highest BCUT2D eigenvalue weighted by molar-refractivity contribution is 5.84. The van der Waals surface area contributed by atoms with Crippen molar-refractivity contribution >= 4 is 5.78 Å². The second kappa shape index (κ2) is 10.2. The van der Waals surface area contributed by atoms with Crippen LogP contribution in [0, 0.1) is 34.0 Å². The number of hydrogen-bond acceptors (Lipinski definition) is 3. The number of carbonyl (C=O) groups is 1. The lowest BCUT2D eigenvalue weighted by atomic mass is 9.44. The van der Waals surface area contributed by atoms with E-state index in [-0.39, 0.29) is 16.2 Å². The summed E-state index contributed by atoms with van der Waals surface area (Å²) in [6.07, 6.45) is 12.2. The Morgan fingerprint density at radius 3 is 2.30 bits per heavy atom. The van der Waals surface area contributed by atoms with Gasteiger partial charge in [-0.1, -0.05) is 87.0 Å². The third-order valence-electron chi connectivity index (χ3n) is 12.5. The lowest BCUT2D eigenvalue weighted by molar-refractivity contribution is -0.231. The molecule has 3 fully saturated rings. The van der Waals surface area contributed by atoms with Crippen LogP contribution in [-0.4, -0.2) is 16.7 Å². The van der Waals surface area contributed by atoms with Crippen LogP contribution < -0.4 is 0 Å². The smallest absolute Gasteiger partial charge is 0.169 e. The van der Waals surface area contributed by atoms with Gasteiger partial charge in [-0.25, -0.2) is 0 Å². The molecule has 0 heterocycles. The van der Waals surface area contributed by atoms with Crippen LogP contribution in [0.2, 0.25) is 0 Å². The van der Waals surface area contributed by atoms with Gasteiger partial charge >= 0.3 is 0 Å². The molecule has 4 aliphatic rings. The summed E-state index contributed by atoms with van der Waals surface area (Å²) in [5.74, 6) is 1.13. The number of allylic oxidation sites excluding steroid dienone is 1. The monoisotopic (exact) mass is 540 g/mol. The van der Waals surface area contributed by atoms with Gasteiger partial charge in [-0.05, 0) is 104 Å². The van der Waals surface area contributed by atoms with Crippen LogP contribution in [0.4, 0.5) is 0 Å². The van der Waals surface area contributed by atoms with E-state index in [0.717, 1.165) is 50.5 Å². The largest absolute Gasteiger partial charge is 0.365 e. The molecule has 3 saturated carbocycles. The Morgan fingerprint density at radius 2 is 1.60 bits per heavy atom. The SMILES string of the molecule is CCc1ccc(COC2(O)CC[C@@]3(C)C(=CC[C@@H]4[C@@H]3CC[C@@]3(C)[C@H]4CC[C@]3(Cc3ccccc3)C(C)=O)C2)cc1. The zero-order valence-corrected chi connectivity index (χ0v) is 25.0. The molecule has 0 radical (unpaired) electrons. The minimum absolute atomic E-state index is 0.0450. The van der Waals surface area contributed by atoms with Crippen LogP contribution in [0.15, 0.2) is 66.2 Å². The minimum atomic E-state index is -1.09. The van der Waals surface area contributed by atoms with Crippen LogP contribution in [0.3, 0.4) is 0 Å². The molecular formula is C37H48O3. The molecule has 0 spiro atoms. The van der Waals surface area contributed by atoms with Crippen molar-refractivity contribution in [2.75, 3.05) is 0 Å². The summed E-state index contributed by atoms with van der Waals surface area (Å²) < 4.78 is 6.23. The lowest BCUT2D eigenvalue weighted by Crippen LogP contribution is -2.55. The number of benzene rings is 2. The highest BCUT2D eigenvalue weighted by atomic mass is 16.6. The van der Waals surface area contributed by atoms with E-state index in [1.165, 1.54) is 23.1 Å². The molecule has 0 amide bonds. The fraction of sp³-hybridized carbons (Fsp3) is 0.595. The van der Waals surface area contributed by atoms with Crippen LogP contribution in [0.25, 0.3) is 0 Å². The maximum atomic E-state index is 13.5. The minimum Gasteiger partial charge on any atom is -0.365 e. The van der Waals surface area contributed by atoms with E-state index >= 15 is 0 Å². The van der Waals surface area contributed by atoms with Crippen LogP contribution in [0.5, 0.6) is 0 Å². The Kier molecular flexibility index (Phi) is 7.15. The van der Waals surface area contributed by atoms with Crippen molar-refractivity contribution in [2.45, 2.75) is 104 Å². The Labute approximate surface area is 241 Å². The average molecular weight is 541 g/mol. The maximum Gasteiger partial charge on any atom is 0.169 e. The van der Waals surface area contributed by atoms with Gasteiger partial charge in [-0.15, -0.1) is 0 Å². The highest BCUT2D eigenvalue weighted by Gasteiger charge is 2.65. The Morgan fingerprint density at radius 1 is 0.900 bits per heavy atom. The van der Waals surface area contributed by atoms with Crippen molar-refractivity contribution < 1.29 is 14.6 Å². The van der Waals surface area contributed by atoms with E-state index in [4.69, 9.17) is 4.74 Å². The molecule has 4 aliphatic carbocycles. The molecule has 3 nitrogen and oxygen atoms in total. The Balaban J connectivity index is 1.20. The lowest BCUT2D eigenvalue weighted by Gasteiger charge is -2.60. The number of carbonyl (C=O) groups excluding carboxylic acids is 1. The number of hydrogen-bond donors (Lipinski definition) is 1. The number of rotatable bonds is 7. The second-order valence-corrected chi connectivity index (χ2v) is 14.1. The molecule has 0 bridgehead atoms. The second-order valence-electron chi connectivity index (χ2n) is 14.1. The van der Waals surface area contributed by atoms with Gasteiger partial charge in [0.05, 0.1) is 6.61 Å². The van der Waals surface area contributed by atoms with Crippen molar-refractivity contribution in [1.29, 1.82) is 0 Å². The maximum absolute atomic E-state index is 13.5. The first kappa shape index (κ1) is 27.9. The molecule has 6 rings (SSSR count). The van der Waals surface area contributed by atoms with Gasteiger partial charge in [-0.2, -0.15) is 0 Å². The standard InChI is InChI=1S/C37H48O3/c1-5-27-11-13-29(14-12-27)25-40-37(39)22-21-34(3)30(24-37)15-16-31-32(34)17-19-35(4)33(31)18-20-36(35,26(2)38)23-28-9-7-6-8-10-28/h6-15,31-33,39H,5,16-25H2,1-4H3/t31-,32+,33+,34+,35+,36+,37?/m1/s1. The molecule has 40 heavy (non-hydrogen) atoms. The third-order valence-corrected chi connectivity index (χ3v) is 12.5. The summed E-state index contributed by atoms with van der Waals surface area (Å²) in [5, 5.41) is 11.5. The quantitative estimate of drug-likeness (QED) is 0.284. The van der Waals surface area contributed by atoms with Crippen molar-refractivity contribution in [3.63, 3.8) is 0 Å². The van der Waals surface area contributed by atoms with Crippen LogP contribution in [-0.2, 0) is 29.0 Å². The van der Waals surface area contributed by atoms with Gasteiger partial charge in [0.15, 0.2) is 5.79 Å². The van der Waals surface area contributed by atoms with Gasteiger partial charge in [0.25, 0.3) is 0 Å². The van der Waals surface area contributed by atoms with E-state index in [1.54, 1.807) is 0 Å². The third kappa shape index (κ3) is 4.43. The molecular weight excluding hydrogens is 492 g/mol. The van der Waals surface area contributed by atoms with Crippen molar-refractivity contribution in [3.05, 3.63) is 82.9 Å². The zero-order valence-electron chi connectivity index (χ0n) is 25.0. The number of Topliss-reactive ketones (excluding diaryl/α,β-unsaturated/α-hetero) is 1. The highest BCUT2D eigenvalue weighted by Crippen LogP contribution is 2.70. The molecule has 2 aromatic rings. The summed E-state index contributed by atoms with van der Waals surface area (Å²) >= 11 is 0. The number of ketones is 1. The molecule has 2 aromatic carbocycles. The van der Waals surface area contributed by atoms with Crippen molar-refractivity contribution in [1.82, 2.24) is 0 Å². The van der Waals surface area contributed by atoms with Gasteiger partial charge in [0.1, 0.15) is 5.78 Å². The summed E-state index contributed by atoms with van der Waals surface area (Å²) in [4.78, 5) is 13.5. The summed E-state index contributed by atoms with van der Waals surface area (Å²) in [5.41, 5.74) is 5.05. The predicted octanol–water partition coefficient (Wildman–Crippen LogP) is 8.24. The molecule has 0 saturated heterocycles. The Hall–Kier alpha value is -2.23.